The van der Waals surface area contributed by atoms with Crippen LogP contribution in [-0.2, 0) is 30.8 Å². The number of carbonyl (C=O) groups is 3. The van der Waals surface area contributed by atoms with Gasteiger partial charge in [-0.1, -0.05) is 29.8 Å². The maximum Gasteiger partial charge on any atom is 0.326 e. The number of hydrogen-bond acceptors (Lipinski definition) is 6. The Balaban J connectivity index is 1.63. The highest BCUT2D eigenvalue weighted by molar-refractivity contribution is 7.89. The first-order chi connectivity index (χ1) is 17.8. The molecular weight excluding hydrogens is 510 g/mol. The van der Waals surface area contributed by atoms with Crippen LogP contribution < -0.4 is 15.4 Å². The fraction of sp³-hybridized carbons (Fsp3) is 0.444. The van der Waals surface area contributed by atoms with Gasteiger partial charge in [0.2, 0.25) is 15.9 Å². The predicted molar refractivity (Wildman–Crippen MR) is 141 cm³/mol. The first kappa shape index (κ1) is 29.1. The third-order valence-electron chi connectivity index (χ3n) is 6.00. The number of aryl methyl sites for hydroxylation is 1. The van der Waals surface area contributed by atoms with Crippen LogP contribution in [0.25, 0.3) is 0 Å². The number of sulfonamides is 1. The smallest absolute Gasteiger partial charge is 0.326 e. The lowest BCUT2D eigenvalue weighted by Gasteiger charge is -2.25. The van der Waals surface area contributed by atoms with Crippen molar-refractivity contribution >= 4 is 27.8 Å². The highest BCUT2D eigenvalue weighted by Gasteiger charge is 2.40. The van der Waals surface area contributed by atoms with Gasteiger partial charge in [0, 0.05) is 18.5 Å². The number of hydrogen-bond donors (Lipinski definition) is 3. The quantitative estimate of drug-likeness (QED) is 0.416. The fourth-order valence-electron chi connectivity index (χ4n) is 4.16. The molecule has 0 radical (unpaired) electrons. The highest BCUT2D eigenvalue weighted by atomic mass is 32.2. The maximum atomic E-state index is 13.2. The molecule has 0 unspecified atom stereocenters. The Morgan fingerprint density at radius 1 is 1.08 bits per heavy atom. The summed E-state index contributed by atoms with van der Waals surface area (Å²) in [6.45, 7) is 7.47. The number of benzene rings is 2. The van der Waals surface area contributed by atoms with Gasteiger partial charge in [0.1, 0.15) is 17.8 Å². The van der Waals surface area contributed by atoms with Crippen molar-refractivity contribution in [1.29, 1.82) is 0 Å². The van der Waals surface area contributed by atoms with Crippen LogP contribution in [0.2, 0.25) is 0 Å². The Morgan fingerprint density at radius 2 is 1.71 bits per heavy atom. The minimum atomic E-state index is -3.91. The summed E-state index contributed by atoms with van der Waals surface area (Å²) in [5.41, 5.74) is 1.16. The Kier molecular flexibility index (Phi) is 9.16. The van der Waals surface area contributed by atoms with E-state index in [-0.39, 0.29) is 35.9 Å². The van der Waals surface area contributed by atoms with E-state index in [0.717, 1.165) is 9.87 Å². The van der Waals surface area contributed by atoms with E-state index in [1.54, 1.807) is 36.4 Å². The summed E-state index contributed by atoms with van der Waals surface area (Å²) < 4.78 is 32.9. The number of nitrogens with one attached hydrogen (secondary N) is 2. The molecule has 1 aliphatic rings. The molecule has 2 aromatic rings. The number of amides is 2. The first-order valence-electron chi connectivity index (χ1n) is 12.4. The van der Waals surface area contributed by atoms with Crippen molar-refractivity contribution in [2.24, 2.45) is 0 Å². The molecule has 1 fully saturated rings. The van der Waals surface area contributed by atoms with Gasteiger partial charge in [-0.25, -0.2) is 13.2 Å². The molecule has 38 heavy (non-hydrogen) atoms. The molecule has 0 aromatic heterocycles. The van der Waals surface area contributed by atoms with Gasteiger partial charge in [-0.15, -0.1) is 0 Å². The van der Waals surface area contributed by atoms with E-state index in [1.807, 2.05) is 27.7 Å². The van der Waals surface area contributed by atoms with Gasteiger partial charge in [-0.2, -0.15) is 4.31 Å². The lowest BCUT2D eigenvalue weighted by molar-refractivity contribution is -0.142. The van der Waals surface area contributed by atoms with Gasteiger partial charge in [0.05, 0.1) is 4.90 Å². The second-order valence-electron chi connectivity index (χ2n) is 10.4. The lowest BCUT2D eigenvalue weighted by atomic mass is 10.1. The summed E-state index contributed by atoms with van der Waals surface area (Å²) in [6.07, 6.45) is 0.789. The molecule has 1 aliphatic heterocycles. The summed E-state index contributed by atoms with van der Waals surface area (Å²) in [7, 11) is -3.91. The molecule has 1 heterocycles. The van der Waals surface area contributed by atoms with E-state index < -0.39 is 34.0 Å². The summed E-state index contributed by atoms with van der Waals surface area (Å²) in [5.74, 6) is -1.70. The van der Waals surface area contributed by atoms with E-state index in [0.29, 0.717) is 24.2 Å². The lowest BCUT2D eigenvalue weighted by Crippen LogP contribution is -2.51. The van der Waals surface area contributed by atoms with Crippen LogP contribution in [-0.4, -0.2) is 66.4 Å². The monoisotopic (exact) mass is 545 g/mol. The Labute approximate surface area is 223 Å². The number of carbonyl (C=O) groups excluding carboxylic acids is 2. The molecule has 206 valence electrons. The number of carboxylic acid groups (broad SMARTS) is 1. The van der Waals surface area contributed by atoms with E-state index in [9.17, 15) is 27.9 Å². The van der Waals surface area contributed by atoms with Crippen molar-refractivity contribution in [3.8, 4) is 5.75 Å². The third kappa shape index (κ3) is 7.78. The molecule has 3 N–H and O–H groups in total. The molecule has 11 heteroatoms. The molecule has 0 aliphatic carbocycles. The van der Waals surface area contributed by atoms with Crippen LogP contribution in [0, 0.1) is 6.92 Å². The molecule has 0 bridgehead atoms. The highest BCUT2D eigenvalue weighted by Crippen LogP contribution is 2.26. The van der Waals surface area contributed by atoms with Crippen LogP contribution in [0.4, 0.5) is 0 Å². The number of nitrogens with zero attached hydrogens (tertiary/aromatic N) is 1. The van der Waals surface area contributed by atoms with E-state index >= 15 is 0 Å². The molecule has 3 rings (SSSR count). The summed E-state index contributed by atoms with van der Waals surface area (Å²) in [5, 5.41) is 15.0. The zero-order valence-electron chi connectivity index (χ0n) is 22.1. The average molecular weight is 546 g/mol. The molecular formula is C27H35N3O7S. The van der Waals surface area contributed by atoms with Gasteiger partial charge in [0.25, 0.3) is 5.91 Å². The van der Waals surface area contributed by atoms with Crippen LogP contribution in [0.1, 0.15) is 44.7 Å². The third-order valence-corrected chi connectivity index (χ3v) is 7.92. The SMILES string of the molecule is Cc1ccc(S(=O)(=O)N2CCC[C@H]2C(=O)N[C@@H](Cc2ccc(OCC(=O)NC(C)(C)C)cc2)C(=O)O)cc1. The maximum absolute atomic E-state index is 13.2. The number of carboxylic acids is 1. The van der Waals surface area contributed by atoms with Crippen molar-refractivity contribution in [2.45, 2.75) is 69.5 Å². The number of ether oxygens (including phenoxy) is 1. The molecule has 2 amide bonds. The fourth-order valence-corrected chi connectivity index (χ4v) is 5.82. The molecule has 1 saturated heterocycles. The van der Waals surface area contributed by atoms with E-state index in [4.69, 9.17) is 4.74 Å². The summed E-state index contributed by atoms with van der Waals surface area (Å²) >= 11 is 0. The molecule has 0 saturated carbocycles. The Hall–Kier alpha value is -3.44. The van der Waals surface area contributed by atoms with E-state index in [2.05, 4.69) is 10.6 Å². The number of rotatable bonds is 10. The van der Waals surface area contributed by atoms with Crippen LogP contribution in [0.15, 0.2) is 53.4 Å². The number of aliphatic carboxylic acids is 1. The summed E-state index contributed by atoms with van der Waals surface area (Å²) in [4.78, 5) is 37.0. The zero-order chi connectivity index (χ0) is 28.1. The van der Waals surface area contributed by atoms with Crippen LogP contribution in [0.3, 0.4) is 0 Å². The largest absolute Gasteiger partial charge is 0.484 e. The van der Waals surface area contributed by atoms with Crippen molar-refractivity contribution < 1.29 is 32.6 Å². The van der Waals surface area contributed by atoms with Gasteiger partial charge in [-0.3, -0.25) is 9.59 Å². The Bertz CT molecular complexity index is 1250. The molecule has 2 aromatic carbocycles. The van der Waals surface area contributed by atoms with Gasteiger partial charge < -0.3 is 20.5 Å². The zero-order valence-corrected chi connectivity index (χ0v) is 22.9. The topological polar surface area (TPSA) is 142 Å². The van der Waals surface area contributed by atoms with Gasteiger partial charge in [0.15, 0.2) is 6.61 Å². The Morgan fingerprint density at radius 3 is 2.29 bits per heavy atom. The minimum absolute atomic E-state index is 0.0106. The standard InChI is InChI=1S/C27H35N3O7S/c1-18-7-13-21(14-8-18)38(35,36)30-15-5-6-23(30)25(32)28-22(26(33)34)16-19-9-11-20(12-10-19)37-17-24(31)29-27(2,3)4/h7-14,22-23H,5-6,15-17H2,1-4H3,(H,28,32)(H,29,31)(H,33,34)/t22-,23-/m0/s1. The normalized spacial score (nSPS) is 17.0. The van der Waals surface area contributed by atoms with Gasteiger partial charge in [-0.05, 0) is 70.4 Å². The van der Waals surface area contributed by atoms with Crippen molar-refractivity contribution in [3.63, 3.8) is 0 Å². The molecule has 10 nitrogen and oxygen atoms in total. The minimum Gasteiger partial charge on any atom is -0.484 e. The van der Waals surface area contributed by atoms with Gasteiger partial charge >= 0.3 is 5.97 Å². The van der Waals surface area contributed by atoms with Crippen molar-refractivity contribution in [2.75, 3.05) is 13.2 Å². The van der Waals surface area contributed by atoms with Crippen LogP contribution in [0.5, 0.6) is 5.75 Å². The second kappa shape index (κ2) is 12.0. The van der Waals surface area contributed by atoms with E-state index in [1.165, 1.54) is 12.1 Å². The predicted octanol–water partition coefficient (Wildman–Crippen LogP) is 2.25. The summed E-state index contributed by atoms with van der Waals surface area (Å²) in [6, 6.07) is 10.7. The van der Waals surface area contributed by atoms with Crippen molar-refractivity contribution in [1.82, 2.24) is 14.9 Å². The molecule has 0 spiro atoms. The first-order valence-corrected chi connectivity index (χ1v) is 13.8. The van der Waals surface area contributed by atoms with Crippen LogP contribution >= 0.6 is 0 Å². The average Bonchev–Trinajstić information content (AvgIpc) is 3.33. The molecule has 2 atom stereocenters. The van der Waals surface area contributed by atoms with Crippen molar-refractivity contribution in [3.05, 3.63) is 59.7 Å². The second-order valence-corrected chi connectivity index (χ2v) is 12.3.